The summed E-state index contributed by atoms with van der Waals surface area (Å²) < 4.78 is 11.5. The topological polar surface area (TPSA) is 188 Å². The van der Waals surface area contributed by atoms with Gasteiger partial charge >= 0.3 is 0 Å². The maximum absolute atomic E-state index is 13.3. The average Bonchev–Trinajstić information content (AvgIpc) is 2.75. The van der Waals surface area contributed by atoms with Crippen LogP contribution >= 0.6 is 0 Å². The summed E-state index contributed by atoms with van der Waals surface area (Å²) in [6.45, 7) is 1.67. The number of aromatic nitrogens is 2. The summed E-state index contributed by atoms with van der Waals surface area (Å²) in [5.41, 5.74) is -1.26. The van der Waals surface area contributed by atoms with E-state index in [2.05, 4.69) is 4.98 Å². The number of ether oxygens (including phenoxy) is 2. The number of H-pyrrole nitrogens is 1. The lowest BCUT2D eigenvalue weighted by Crippen LogP contribution is -2.59. The molecule has 0 bridgehead atoms. The molecule has 1 saturated heterocycles. The molecule has 2 aromatic rings. The number of fused-ring (bicyclic) bond motifs is 2. The van der Waals surface area contributed by atoms with E-state index in [1.54, 1.807) is 0 Å². The van der Waals surface area contributed by atoms with Gasteiger partial charge in [0.15, 0.2) is 12.1 Å². The number of nitrogens with one attached hydrogen (secondary N) is 1. The lowest BCUT2D eigenvalue weighted by atomic mass is 9.85. The molecular formula is C21H22N2O10. The molecule has 0 radical (unpaired) electrons. The molecule has 0 aromatic carbocycles. The van der Waals surface area contributed by atoms with Crippen LogP contribution in [-0.4, -0.2) is 78.9 Å². The number of carbonyl (C=O) groups excluding carboxylic acids is 2. The number of hydrogen-bond donors (Lipinski definition) is 5. The highest BCUT2D eigenvalue weighted by Gasteiger charge is 2.44. The minimum atomic E-state index is -1.73. The van der Waals surface area contributed by atoms with Crippen LogP contribution in [0.5, 0.6) is 0 Å². The van der Waals surface area contributed by atoms with Crippen LogP contribution in [0.25, 0.3) is 0 Å². The maximum Gasteiger partial charge on any atom is 0.253 e. The van der Waals surface area contributed by atoms with Gasteiger partial charge in [0.2, 0.25) is 11.3 Å². The average molecular weight is 462 g/mol. The smallest absolute Gasteiger partial charge is 0.253 e. The van der Waals surface area contributed by atoms with E-state index in [4.69, 9.17) is 9.47 Å². The molecule has 33 heavy (non-hydrogen) atoms. The van der Waals surface area contributed by atoms with Crippen LogP contribution in [0.1, 0.15) is 43.2 Å². The molecule has 12 nitrogen and oxygen atoms in total. The van der Waals surface area contributed by atoms with E-state index in [0.717, 1.165) is 10.6 Å². The number of aromatic amines is 1. The van der Waals surface area contributed by atoms with Crippen LogP contribution in [0.4, 0.5) is 0 Å². The van der Waals surface area contributed by atoms with Gasteiger partial charge in [-0.3, -0.25) is 23.7 Å². The molecule has 2 aromatic heterocycles. The fourth-order valence-corrected chi connectivity index (χ4v) is 4.17. The lowest BCUT2D eigenvalue weighted by molar-refractivity contribution is -0.308. The van der Waals surface area contributed by atoms with Crippen molar-refractivity contribution in [3.63, 3.8) is 0 Å². The van der Waals surface area contributed by atoms with Gasteiger partial charge < -0.3 is 34.9 Å². The second-order valence-electron chi connectivity index (χ2n) is 8.04. The predicted molar refractivity (Wildman–Crippen MR) is 109 cm³/mol. The van der Waals surface area contributed by atoms with Gasteiger partial charge in [0.25, 0.3) is 5.56 Å². The van der Waals surface area contributed by atoms with Crippen LogP contribution < -0.4 is 11.1 Å². The summed E-state index contributed by atoms with van der Waals surface area (Å²) in [4.78, 5) is 53.5. The number of aliphatic hydroxyl groups is 4. The first-order chi connectivity index (χ1) is 15.6. The van der Waals surface area contributed by atoms with Crippen molar-refractivity contribution in [1.82, 2.24) is 9.55 Å². The van der Waals surface area contributed by atoms with Crippen molar-refractivity contribution in [2.24, 2.45) is 0 Å². The second-order valence-corrected chi connectivity index (χ2v) is 8.04. The Morgan fingerprint density at radius 2 is 1.64 bits per heavy atom. The van der Waals surface area contributed by atoms with E-state index in [1.807, 2.05) is 0 Å². The fourth-order valence-electron chi connectivity index (χ4n) is 4.17. The first kappa shape index (κ1) is 23.2. The minimum absolute atomic E-state index is 0.0281. The monoisotopic (exact) mass is 462 g/mol. The Morgan fingerprint density at radius 3 is 2.30 bits per heavy atom. The zero-order valence-corrected chi connectivity index (χ0v) is 17.6. The van der Waals surface area contributed by atoms with Gasteiger partial charge in [0.1, 0.15) is 42.5 Å². The van der Waals surface area contributed by atoms with Crippen LogP contribution in [-0.2, 0) is 16.2 Å². The number of rotatable bonds is 4. The molecule has 5 N–H and O–H groups in total. The van der Waals surface area contributed by atoms with E-state index in [-0.39, 0.29) is 28.1 Å². The zero-order valence-electron chi connectivity index (χ0n) is 17.6. The Balaban J connectivity index is 1.75. The highest BCUT2D eigenvalue weighted by Crippen LogP contribution is 2.29. The third-order valence-electron chi connectivity index (χ3n) is 5.86. The number of ketones is 2. The number of pyridine rings is 2. The van der Waals surface area contributed by atoms with Crippen molar-refractivity contribution in [3.05, 3.63) is 66.5 Å². The molecule has 0 saturated carbocycles. The molecule has 5 atom stereocenters. The van der Waals surface area contributed by atoms with Crippen molar-refractivity contribution in [2.45, 2.75) is 51.3 Å². The number of carbonyl (C=O) groups is 2. The normalized spacial score (nSPS) is 26.8. The van der Waals surface area contributed by atoms with E-state index in [0.29, 0.717) is 5.56 Å². The van der Waals surface area contributed by atoms with Crippen LogP contribution in [0.2, 0.25) is 0 Å². The van der Waals surface area contributed by atoms with E-state index in [1.165, 1.54) is 19.9 Å². The van der Waals surface area contributed by atoms with Crippen molar-refractivity contribution in [2.75, 3.05) is 6.61 Å². The third kappa shape index (κ3) is 3.66. The number of aliphatic hydroxyl groups excluding tert-OH is 4. The van der Waals surface area contributed by atoms with Gasteiger partial charge in [-0.05, 0) is 25.0 Å². The maximum atomic E-state index is 13.3. The molecule has 1 fully saturated rings. The Labute approximate surface area is 185 Å². The first-order valence-electron chi connectivity index (χ1n) is 10.1. The molecule has 1 aliphatic heterocycles. The molecule has 176 valence electrons. The van der Waals surface area contributed by atoms with Crippen LogP contribution in [0.3, 0.4) is 0 Å². The van der Waals surface area contributed by atoms with Gasteiger partial charge in [-0.2, -0.15) is 0 Å². The lowest BCUT2D eigenvalue weighted by Gasteiger charge is -2.39. The van der Waals surface area contributed by atoms with Crippen molar-refractivity contribution < 1.29 is 39.5 Å². The molecule has 0 spiro atoms. The van der Waals surface area contributed by atoms with Gasteiger partial charge in [0, 0.05) is 12.1 Å². The van der Waals surface area contributed by atoms with Crippen LogP contribution in [0, 0.1) is 13.8 Å². The van der Waals surface area contributed by atoms with Gasteiger partial charge in [0.05, 0.1) is 17.7 Å². The molecule has 5 unspecified atom stereocenters. The first-order valence-corrected chi connectivity index (χ1v) is 10.1. The van der Waals surface area contributed by atoms with Crippen LogP contribution in [0.15, 0.2) is 21.7 Å². The van der Waals surface area contributed by atoms with Crippen molar-refractivity contribution in [3.8, 4) is 0 Å². The highest BCUT2D eigenvalue weighted by molar-refractivity contribution is 6.27. The summed E-state index contributed by atoms with van der Waals surface area (Å²) in [5.74, 6) is -1.31. The largest absolute Gasteiger partial charge is 0.394 e. The van der Waals surface area contributed by atoms with Gasteiger partial charge in [-0.25, -0.2) is 0 Å². The predicted octanol–water partition coefficient (Wildman–Crippen LogP) is -2.30. The van der Waals surface area contributed by atoms with E-state index >= 15 is 0 Å². The summed E-state index contributed by atoms with van der Waals surface area (Å²) in [6, 6.07) is 2.34. The Kier molecular flexibility index (Phi) is 5.90. The quantitative estimate of drug-likeness (QED) is 0.282. The number of nitrogens with zero attached hydrogens (tertiary/aromatic N) is 1. The van der Waals surface area contributed by atoms with Gasteiger partial charge in [-0.1, -0.05) is 0 Å². The minimum Gasteiger partial charge on any atom is -0.394 e. The Hall–Kier alpha value is -3.00. The SMILES string of the molecule is Cc1cc(=O)[nH]c2c1C(=O)c1c(C)cc(=O)n(COC3OC(CO)C(O)C(O)C3O)c1C2=O. The summed E-state index contributed by atoms with van der Waals surface area (Å²) in [6.07, 6.45) is -7.83. The summed E-state index contributed by atoms with van der Waals surface area (Å²) in [5, 5.41) is 39.2. The fraction of sp³-hybridized carbons (Fsp3) is 0.429. The zero-order chi connectivity index (χ0) is 24.2. The number of hydrogen-bond acceptors (Lipinski definition) is 10. The molecule has 0 amide bonds. The van der Waals surface area contributed by atoms with Crippen molar-refractivity contribution >= 4 is 11.6 Å². The van der Waals surface area contributed by atoms with Gasteiger partial charge in [-0.15, -0.1) is 0 Å². The van der Waals surface area contributed by atoms with E-state index < -0.39 is 66.7 Å². The molecule has 1 aliphatic carbocycles. The number of aryl methyl sites for hydroxylation is 2. The Bertz CT molecular complexity index is 1260. The standard InChI is InChI=1S/C21H22N2O10/c1-7-3-10(25)22-14-12(7)17(28)13-8(2)4-11(26)23(15(13)18(14)29)6-32-21-20(31)19(30)16(27)9(5-24)33-21/h3-4,9,16,19-21,24,27,30-31H,5-6H2,1-2H3,(H,22,25). The summed E-state index contributed by atoms with van der Waals surface area (Å²) >= 11 is 0. The Morgan fingerprint density at radius 1 is 0.970 bits per heavy atom. The molecule has 12 heteroatoms. The molecule has 3 heterocycles. The summed E-state index contributed by atoms with van der Waals surface area (Å²) in [7, 11) is 0. The third-order valence-corrected chi connectivity index (χ3v) is 5.86. The molecule has 2 aliphatic rings. The van der Waals surface area contributed by atoms with E-state index in [9.17, 15) is 39.6 Å². The molecule has 4 rings (SSSR count). The second kappa shape index (κ2) is 8.41. The van der Waals surface area contributed by atoms with Crippen molar-refractivity contribution in [1.29, 1.82) is 0 Å². The highest BCUT2D eigenvalue weighted by atomic mass is 16.7. The molecular weight excluding hydrogens is 440 g/mol.